The maximum absolute atomic E-state index is 13.0. The Kier molecular flexibility index (Phi) is 4.62. The largest absolute Gasteiger partial charge is 0.489 e. The molecule has 31 heavy (non-hydrogen) atoms. The van der Waals surface area contributed by atoms with Gasteiger partial charge in [0, 0.05) is 36.6 Å². The summed E-state index contributed by atoms with van der Waals surface area (Å²) in [7, 11) is 1.67. The summed E-state index contributed by atoms with van der Waals surface area (Å²) >= 11 is 0. The minimum atomic E-state index is -0.856. The molecule has 4 aromatic rings. The predicted molar refractivity (Wildman–Crippen MR) is 114 cm³/mol. The van der Waals surface area contributed by atoms with Gasteiger partial charge in [-0.1, -0.05) is 30.3 Å². The monoisotopic (exact) mass is 416 g/mol. The highest BCUT2D eigenvalue weighted by Crippen LogP contribution is 2.34. The summed E-state index contributed by atoms with van der Waals surface area (Å²) in [6, 6.07) is 14.6. The van der Waals surface area contributed by atoms with Crippen molar-refractivity contribution >= 4 is 28.4 Å². The van der Waals surface area contributed by atoms with Crippen LogP contribution in [0.15, 0.2) is 54.7 Å². The number of rotatable bonds is 4. The van der Waals surface area contributed by atoms with Crippen molar-refractivity contribution in [2.75, 3.05) is 18.6 Å². The van der Waals surface area contributed by atoms with Crippen molar-refractivity contribution in [1.29, 1.82) is 0 Å². The summed E-state index contributed by atoms with van der Waals surface area (Å²) in [5.74, 6) is 0.412. The normalized spacial score (nSPS) is 16.0. The van der Waals surface area contributed by atoms with Crippen molar-refractivity contribution in [2.45, 2.75) is 12.5 Å². The second-order valence-corrected chi connectivity index (χ2v) is 7.40. The average Bonchev–Trinajstić information content (AvgIpc) is 3.42. The summed E-state index contributed by atoms with van der Waals surface area (Å²) in [5.41, 5.74) is 2.61. The molecule has 3 heterocycles. The minimum Gasteiger partial charge on any atom is -0.489 e. The number of carbonyl (C=O) groups excluding carboxylic acids is 2. The van der Waals surface area contributed by atoms with E-state index in [0.29, 0.717) is 23.7 Å². The van der Waals surface area contributed by atoms with Crippen LogP contribution in [-0.4, -0.2) is 51.7 Å². The molecule has 2 aromatic carbocycles. The number of H-pyrrole nitrogens is 2. The van der Waals surface area contributed by atoms with Crippen LogP contribution in [0.4, 0.5) is 5.69 Å². The number of anilines is 1. The quantitative estimate of drug-likeness (QED) is 0.471. The van der Waals surface area contributed by atoms with Gasteiger partial charge in [0.1, 0.15) is 24.2 Å². The summed E-state index contributed by atoms with van der Waals surface area (Å²) < 4.78 is 5.86. The number of ether oxygens (including phenoxy) is 1. The van der Waals surface area contributed by atoms with Gasteiger partial charge >= 0.3 is 0 Å². The highest BCUT2D eigenvalue weighted by molar-refractivity contribution is 6.04. The van der Waals surface area contributed by atoms with E-state index < -0.39 is 11.9 Å². The van der Waals surface area contributed by atoms with Crippen LogP contribution in [0.25, 0.3) is 10.9 Å². The maximum Gasteiger partial charge on any atom is 0.289 e. The molecule has 0 saturated heterocycles. The molecule has 156 valence electrons. The van der Waals surface area contributed by atoms with Crippen LogP contribution in [0.2, 0.25) is 0 Å². The van der Waals surface area contributed by atoms with Gasteiger partial charge in [0.25, 0.3) is 11.8 Å². The molecular formula is C22H20N6O3. The average molecular weight is 416 g/mol. The maximum atomic E-state index is 13.0. The molecule has 9 nitrogen and oxygen atoms in total. The van der Waals surface area contributed by atoms with Gasteiger partial charge in [-0.2, -0.15) is 0 Å². The summed E-state index contributed by atoms with van der Waals surface area (Å²) in [5, 5.41) is 11.6. The molecule has 0 unspecified atom stereocenters. The molecule has 1 atom stereocenters. The molecule has 1 aliphatic rings. The lowest BCUT2D eigenvalue weighted by molar-refractivity contribution is -0.120. The number of benzene rings is 2. The molecule has 2 amide bonds. The lowest BCUT2D eigenvalue weighted by atomic mass is 10.1. The predicted octanol–water partition coefficient (Wildman–Crippen LogP) is 2.03. The Labute approximate surface area is 177 Å². The minimum absolute atomic E-state index is 0.0130. The van der Waals surface area contributed by atoms with Crippen LogP contribution < -0.4 is 15.0 Å². The van der Waals surface area contributed by atoms with E-state index in [0.717, 1.165) is 16.5 Å². The third kappa shape index (κ3) is 3.61. The number of aromatic nitrogens is 4. The molecule has 0 saturated carbocycles. The molecule has 0 fully saturated rings. The topological polar surface area (TPSA) is 116 Å². The first-order valence-corrected chi connectivity index (χ1v) is 9.86. The zero-order valence-corrected chi connectivity index (χ0v) is 16.8. The Morgan fingerprint density at radius 1 is 1.23 bits per heavy atom. The smallest absolute Gasteiger partial charge is 0.289 e. The summed E-state index contributed by atoms with van der Waals surface area (Å²) in [6.45, 7) is 0.0130. The van der Waals surface area contributed by atoms with Crippen molar-refractivity contribution in [3.8, 4) is 5.75 Å². The number of carbonyl (C=O) groups is 2. The Bertz CT molecular complexity index is 1260. The lowest BCUT2D eigenvalue weighted by Crippen LogP contribution is -2.49. The molecule has 9 heteroatoms. The first-order valence-electron chi connectivity index (χ1n) is 9.86. The highest BCUT2D eigenvalue weighted by atomic mass is 16.5. The van der Waals surface area contributed by atoms with Crippen molar-refractivity contribution in [3.05, 3.63) is 71.9 Å². The Morgan fingerprint density at radius 3 is 2.90 bits per heavy atom. The van der Waals surface area contributed by atoms with Gasteiger partial charge in [-0.25, -0.2) is 0 Å². The van der Waals surface area contributed by atoms with Crippen molar-refractivity contribution < 1.29 is 14.3 Å². The molecule has 1 aliphatic heterocycles. The number of amides is 2. The lowest BCUT2D eigenvalue weighted by Gasteiger charge is -2.20. The van der Waals surface area contributed by atoms with Crippen molar-refractivity contribution in [3.63, 3.8) is 0 Å². The summed E-state index contributed by atoms with van der Waals surface area (Å²) in [6.07, 6.45) is 2.36. The number of aromatic amines is 2. The number of nitrogens with one attached hydrogen (secondary N) is 3. The van der Waals surface area contributed by atoms with Crippen LogP contribution in [0.1, 0.15) is 22.0 Å². The standard InChI is InChI=1S/C22H20N6O3/c1-28-17-10-14-7-8-23-15(14)11-18(17)31-12-16(22(28)30)24-21(29)20-25-19(26-27-20)9-13-5-3-2-4-6-13/h2-8,10-11,16,23H,9,12H2,1H3,(H,24,29)(H,25,26,27)/t16-/m0/s1. The fourth-order valence-electron chi connectivity index (χ4n) is 3.64. The van der Waals surface area contributed by atoms with Crippen molar-refractivity contribution in [2.24, 2.45) is 0 Å². The van der Waals surface area contributed by atoms with Gasteiger partial charge in [-0.05, 0) is 17.7 Å². The number of hydrogen-bond donors (Lipinski definition) is 3. The van der Waals surface area contributed by atoms with Crippen LogP contribution >= 0.6 is 0 Å². The highest BCUT2D eigenvalue weighted by Gasteiger charge is 2.31. The Balaban J connectivity index is 1.31. The van der Waals surface area contributed by atoms with Crippen LogP contribution in [-0.2, 0) is 11.2 Å². The van der Waals surface area contributed by atoms with E-state index in [4.69, 9.17) is 4.74 Å². The second-order valence-electron chi connectivity index (χ2n) is 7.40. The molecule has 0 bridgehead atoms. The zero-order chi connectivity index (χ0) is 21.4. The fraction of sp³-hybridized carbons (Fsp3) is 0.182. The van der Waals surface area contributed by atoms with Gasteiger partial charge in [0.2, 0.25) is 5.82 Å². The molecule has 0 aliphatic carbocycles. The van der Waals surface area contributed by atoms with E-state index in [1.54, 1.807) is 7.05 Å². The van der Waals surface area contributed by atoms with E-state index in [2.05, 4.69) is 25.5 Å². The first kappa shape index (κ1) is 18.9. The van der Waals surface area contributed by atoms with Gasteiger partial charge in [-0.15, -0.1) is 10.2 Å². The fourth-order valence-corrected chi connectivity index (χ4v) is 3.64. The molecule has 3 N–H and O–H groups in total. The van der Waals surface area contributed by atoms with Crippen molar-refractivity contribution in [1.82, 2.24) is 25.5 Å². The molecule has 0 radical (unpaired) electrons. The van der Waals surface area contributed by atoms with Gasteiger partial charge < -0.3 is 24.9 Å². The number of hydrogen-bond acceptors (Lipinski definition) is 5. The third-order valence-electron chi connectivity index (χ3n) is 5.30. The van der Waals surface area contributed by atoms with Gasteiger partial charge in [-0.3, -0.25) is 9.59 Å². The van der Waals surface area contributed by atoms with E-state index in [1.807, 2.05) is 54.7 Å². The van der Waals surface area contributed by atoms with Crippen LogP contribution in [0.5, 0.6) is 5.75 Å². The Morgan fingerprint density at radius 2 is 2.06 bits per heavy atom. The number of likely N-dealkylation sites (N-methyl/N-ethyl adjacent to an activating group) is 1. The van der Waals surface area contributed by atoms with Crippen LogP contribution in [0, 0.1) is 0 Å². The summed E-state index contributed by atoms with van der Waals surface area (Å²) in [4.78, 5) is 33.2. The van der Waals surface area contributed by atoms with E-state index in [-0.39, 0.29) is 18.3 Å². The first-order chi connectivity index (χ1) is 15.1. The molecule has 0 spiro atoms. The SMILES string of the molecule is CN1C(=O)[C@@H](NC(=O)c2nnc(Cc3ccccc3)[nH]2)COc2cc3[nH]ccc3cc21. The molecule has 2 aromatic heterocycles. The van der Waals surface area contributed by atoms with E-state index in [1.165, 1.54) is 4.90 Å². The number of fused-ring (bicyclic) bond motifs is 2. The van der Waals surface area contributed by atoms with Gasteiger partial charge in [0.05, 0.1) is 5.69 Å². The van der Waals surface area contributed by atoms with Gasteiger partial charge in [0.15, 0.2) is 0 Å². The number of nitrogens with zero attached hydrogens (tertiary/aromatic N) is 3. The van der Waals surface area contributed by atoms with E-state index >= 15 is 0 Å². The Hall–Kier alpha value is -4.14. The molecule has 5 rings (SSSR count). The molecular weight excluding hydrogens is 396 g/mol. The van der Waals surface area contributed by atoms with Crippen LogP contribution in [0.3, 0.4) is 0 Å². The third-order valence-corrected chi connectivity index (χ3v) is 5.30. The van der Waals surface area contributed by atoms with E-state index in [9.17, 15) is 9.59 Å². The zero-order valence-electron chi connectivity index (χ0n) is 16.8. The second kappa shape index (κ2) is 7.60.